The first kappa shape index (κ1) is 14.2. The van der Waals surface area contributed by atoms with Crippen molar-refractivity contribution in [1.82, 2.24) is 15.1 Å². The number of nitrogens with one attached hydrogen (secondary N) is 1. The van der Waals surface area contributed by atoms with E-state index >= 15 is 0 Å². The molecule has 0 saturated carbocycles. The highest BCUT2D eigenvalue weighted by molar-refractivity contribution is 5.02. The molecule has 4 nitrogen and oxygen atoms in total. The van der Waals surface area contributed by atoms with Gasteiger partial charge in [-0.2, -0.15) is 5.10 Å². The average molecular weight is 239 g/mol. The Morgan fingerprint density at radius 2 is 2.24 bits per heavy atom. The van der Waals surface area contributed by atoms with Gasteiger partial charge in [-0.25, -0.2) is 0 Å². The SMILES string of the molecule is CCCNC(COC)Cc1ccn(C(C)C)n1. The van der Waals surface area contributed by atoms with Crippen LogP contribution < -0.4 is 5.32 Å². The third kappa shape index (κ3) is 4.88. The molecule has 1 unspecified atom stereocenters. The van der Waals surface area contributed by atoms with E-state index in [1.165, 1.54) is 0 Å². The second kappa shape index (κ2) is 7.45. The van der Waals surface area contributed by atoms with E-state index in [4.69, 9.17) is 4.74 Å². The highest BCUT2D eigenvalue weighted by Crippen LogP contribution is 2.06. The molecule has 4 heteroatoms. The summed E-state index contributed by atoms with van der Waals surface area (Å²) in [5, 5.41) is 8.04. The fraction of sp³-hybridized carbons (Fsp3) is 0.769. The molecular formula is C13H25N3O. The van der Waals surface area contributed by atoms with Crippen molar-refractivity contribution in [1.29, 1.82) is 0 Å². The molecular weight excluding hydrogens is 214 g/mol. The summed E-state index contributed by atoms with van der Waals surface area (Å²) in [5.74, 6) is 0. The molecule has 1 N–H and O–H groups in total. The molecule has 17 heavy (non-hydrogen) atoms. The van der Waals surface area contributed by atoms with Crippen LogP contribution >= 0.6 is 0 Å². The zero-order valence-electron chi connectivity index (χ0n) is 11.4. The van der Waals surface area contributed by atoms with Crippen LogP contribution in [-0.4, -0.2) is 36.1 Å². The second-order valence-electron chi connectivity index (χ2n) is 4.69. The first-order chi connectivity index (χ1) is 8.17. The summed E-state index contributed by atoms with van der Waals surface area (Å²) in [4.78, 5) is 0. The first-order valence-corrected chi connectivity index (χ1v) is 6.43. The normalized spacial score (nSPS) is 13.2. The third-order valence-corrected chi connectivity index (χ3v) is 2.70. The Hall–Kier alpha value is -0.870. The maximum absolute atomic E-state index is 5.23. The molecule has 0 aromatic carbocycles. The fourth-order valence-corrected chi connectivity index (χ4v) is 1.77. The van der Waals surface area contributed by atoms with Gasteiger partial charge in [-0.05, 0) is 32.9 Å². The van der Waals surface area contributed by atoms with Crippen molar-refractivity contribution >= 4 is 0 Å². The van der Waals surface area contributed by atoms with E-state index in [1.54, 1.807) is 7.11 Å². The smallest absolute Gasteiger partial charge is 0.0641 e. The molecule has 0 spiro atoms. The molecule has 1 aromatic rings. The molecule has 0 aliphatic carbocycles. The number of nitrogens with zero attached hydrogens (tertiary/aromatic N) is 2. The van der Waals surface area contributed by atoms with E-state index in [1.807, 2.05) is 10.9 Å². The maximum atomic E-state index is 5.23. The first-order valence-electron chi connectivity index (χ1n) is 6.43. The van der Waals surface area contributed by atoms with E-state index < -0.39 is 0 Å². The quantitative estimate of drug-likeness (QED) is 0.754. The van der Waals surface area contributed by atoms with Gasteiger partial charge < -0.3 is 10.1 Å². The van der Waals surface area contributed by atoms with Crippen molar-refractivity contribution in [3.63, 3.8) is 0 Å². The van der Waals surface area contributed by atoms with Gasteiger partial charge in [0, 0.05) is 31.8 Å². The van der Waals surface area contributed by atoms with Crippen LogP contribution in [0.25, 0.3) is 0 Å². The lowest BCUT2D eigenvalue weighted by Gasteiger charge is -2.16. The second-order valence-corrected chi connectivity index (χ2v) is 4.69. The number of hydrogen-bond donors (Lipinski definition) is 1. The van der Waals surface area contributed by atoms with Crippen molar-refractivity contribution in [3.8, 4) is 0 Å². The molecule has 0 aliphatic heterocycles. The number of rotatable bonds is 8. The van der Waals surface area contributed by atoms with E-state index in [-0.39, 0.29) is 0 Å². The Kier molecular flexibility index (Phi) is 6.22. The summed E-state index contributed by atoms with van der Waals surface area (Å²) in [6.45, 7) is 8.20. The van der Waals surface area contributed by atoms with Crippen LogP contribution in [-0.2, 0) is 11.2 Å². The van der Waals surface area contributed by atoms with Gasteiger partial charge in [0.15, 0.2) is 0 Å². The standard InChI is InChI=1S/C13H25N3O/c1-5-7-14-13(10-17-4)9-12-6-8-16(15-12)11(2)3/h6,8,11,13-14H,5,7,9-10H2,1-4H3. The monoisotopic (exact) mass is 239 g/mol. The fourth-order valence-electron chi connectivity index (χ4n) is 1.77. The van der Waals surface area contributed by atoms with Crippen molar-refractivity contribution in [2.75, 3.05) is 20.3 Å². The Morgan fingerprint density at radius 1 is 1.47 bits per heavy atom. The third-order valence-electron chi connectivity index (χ3n) is 2.70. The molecule has 0 bridgehead atoms. The molecule has 1 aromatic heterocycles. The summed E-state index contributed by atoms with van der Waals surface area (Å²) >= 11 is 0. The van der Waals surface area contributed by atoms with Crippen LogP contribution in [0.4, 0.5) is 0 Å². The minimum atomic E-state index is 0.357. The van der Waals surface area contributed by atoms with Gasteiger partial charge in [-0.1, -0.05) is 6.92 Å². The van der Waals surface area contributed by atoms with E-state index in [0.717, 1.165) is 31.7 Å². The summed E-state index contributed by atoms with van der Waals surface area (Å²) < 4.78 is 7.23. The Labute approximate surface area is 104 Å². The van der Waals surface area contributed by atoms with Crippen LogP contribution in [0.1, 0.15) is 38.9 Å². The molecule has 0 saturated heterocycles. The van der Waals surface area contributed by atoms with Gasteiger partial charge in [-0.15, -0.1) is 0 Å². The predicted octanol–water partition coefficient (Wildman–Crippen LogP) is 2.02. The molecule has 98 valence electrons. The van der Waals surface area contributed by atoms with Gasteiger partial charge in [0.25, 0.3) is 0 Å². The zero-order valence-corrected chi connectivity index (χ0v) is 11.4. The summed E-state index contributed by atoms with van der Waals surface area (Å²) in [6.07, 6.45) is 4.11. The van der Waals surface area contributed by atoms with Crippen molar-refractivity contribution in [2.24, 2.45) is 0 Å². The van der Waals surface area contributed by atoms with E-state index in [2.05, 4.69) is 37.3 Å². The van der Waals surface area contributed by atoms with Gasteiger partial charge in [0.05, 0.1) is 12.3 Å². The van der Waals surface area contributed by atoms with Crippen LogP contribution in [0.2, 0.25) is 0 Å². The van der Waals surface area contributed by atoms with Crippen molar-refractivity contribution in [2.45, 2.75) is 45.7 Å². The molecule has 1 rings (SSSR count). The summed E-state index contributed by atoms with van der Waals surface area (Å²) in [6, 6.07) is 2.87. The molecule has 0 amide bonds. The van der Waals surface area contributed by atoms with Crippen molar-refractivity contribution < 1.29 is 4.74 Å². The Bertz CT molecular complexity index is 309. The number of ether oxygens (including phenoxy) is 1. The van der Waals surface area contributed by atoms with Gasteiger partial charge >= 0.3 is 0 Å². The Balaban J connectivity index is 2.52. The van der Waals surface area contributed by atoms with Crippen LogP contribution in [0.5, 0.6) is 0 Å². The number of methoxy groups -OCH3 is 1. The molecule has 0 aliphatic rings. The molecule has 1 heterocycles. The lowest BCUT2D eigenvalue weighted by molar-refractivity contribution is 0.165. The van der Waals surface area contributed by atoms with Gasteiger partial charge in [0.1, 0.15) is 0 Å². The summed E-state index contributed by atoms with van der Waals surface area (Å²) in [7, 11) is 1.74. The zero-order chi connectivity index (χ0) is 12.7. The van der Waals surface area contributed by atoms with Crippen LogP contribution in [0.15, 0.2) is 12.3 Å². The topological polar surface area (TPSA) is 39.1 Å². The predicted molar refractivity (Wildman–Crippen MR) is 70.3 cm³/mol. The number of aromatic nitrogens is 2. The van der Waals surface area contributed by atoms with Crippen LogP contribution in [0.3, 0.4) is 0 Å². The lowest BCUT2D eigenvalue weighted by atomic mass is 10.1. The highest BCUT2D eigenvalue weighted by Gasteiger charge is 2.11. The summed E-state index contributed by atoms with van der Waals surface area (Å²) in [5.41, 5.74) is 1.13. The molecule has 1 atom stereocenters. The average Bonchev–Trinajstić information content (AvgIpc) is 2.75. The minimum absolute atomic E-state index is 0.357. The number of hydrogen-bond acceptors (Lipinski definition) is 3. The van der Waals surface area contributed by atoms with Crippen molar-refractivity contribution in [3.05, 3.63) is 18.0 Å². The maximum Gasteiger partial charge on any atom is 0.0641 e. The molecule has 0 fully saturated rings. The van der Waals surface area contributed by atoms with E-state index in [0.29, 0.717) is 12.1 Å². The Morgan fingerprint density at radius 3 is 2.76 bits per heavy atom. The largest absolute Gasteiger partial charge is 0.383 e. The highest BCUT2D eigenvalue weighted by atomic mass is 16.5. The van der Waals surface area contributed by atoms with Gasteiger partial charge in [0.2, 0.25) is 0 Å². The van der Waals surface area contributed by atoms with Gasteiger partial charge in [-0.3, -0.25) is 4.68 Å². The van der Waals surface area contributed by atoms with Crippen LogP contribution in [0, 0.1) is 0 Å². The van der Waals surface area contributed by atoms with E-state index in [9.17, 15) is 0 Å². The molecule has 0 radical (unpaired) electrons. The minimum Gasteiger partial charge on any atom is -0.383 e. The lowest BCUT2D eigenvalue weighted by Crippen LogP contribution is -2.35.